The van der Waals surface area contributed by atoms with E-state index in [9.17, 15) is 9.18 Å². The quantitative estimate of drug-likeness (QED) is 0.931. The molecule has 0 spiro atoms. The first-order valence-corrected chi connectivity index (χ1v) is 6.14. The van der Waals surface area contributed by atoms with E-state index >= 15 is 0 Å². The Morgan fingerprint density at radius 1 is 1.58 bits per heavy atom. The Balaban J connectivity index is 2.50. The van der Waals surface area contributed by atoms with Crippen molar-refractivity contribution in [1.29, 1.82) is 0 Å². The Morgan fingerprint density at radius 2 is 2.32 bits per heavy atom. The fraction of sp³-hybridized carbons (Fsp3) is 0.167. The second kappa shape index (κ2) is 5.40. The first-order valence-electron chi connectivity index (χ1n) is 5.35. The molecule has 0 aliphatic rings. The maximum Gasteiger partial charge on any atom is 0.362 e. The molecule has 100 valence electrons. The number of benzene rings is 1. The van der Waals surface area contributed by atoms with E-state index in [-0.39, 0.29) is 29.7 Å². The third-order valence-corrected chi connectivity index (χ3v) is 2.73. The second-order valence-electron chi connectivity index (χ2n) is 3.52. The maximum absolute atomic E-state index is 13.7. The summed E-state index contributed by atoms with van der Waals surface area (Å²) in [4.78, 5) is 14.7. The lowest BCUT2D eigenvalue weighted by atomic mass is 10.2. The van der Waals surface area contributed by atoms with E-state index in [2.05, 4.69) is 20.9 Å². The molecule has 1 N–H and O–H groups in total. The van der Waals surface area contributed by atoms with E-state index in [4.69, 9.17) is 14.3 Å². The normalized spacial score (nSPS) is 10.5. The molecule has 1 aromatic carbocycles. The van der Waals surface area contributed by atoms with Crippen LogP contribution in [0.4, 0.5) is 4.39 Å². The summed E-state index contributed by atoms with van der Waals surface area (Å²) in [5.74, 6) is -2.23. The predicted octanol–water partition coefficient (Wildman–Crippen LogP) is 3.34. The number of carboxylic acids is 1. The molecule has 0 amide bonds. The van der Waals surface area contributed by atoms with E-state index in [1.54, 1.807) is 13.0 Å². The van der Waals surface area contributed by atoms with Crippen molar-refractivity contribution in [1.82, 2.24) is 4.98 Å². The number of rotatable bonds is 4. The summed E-state index contributed by atoms with van der Waals surface area (Å²) < 4.78 is 24.5. The number of nitrogens with zero attached hydrogens (tertiary/aromatic N) is 1. The van der Waals surface area contributed by atoms with E-state index in [1.807, 2.05) is 0 Å². The van der Waals surface area contributed by atoms with Crippen LogP contribution in [0.1, 0.15) is 17.4 Å². The number of hydrogen-bond donors (Lipinski definition) is 1. The highest BCUT2D eigenvalue weighted by Crippen LogP contribution is 2.30. The first-order chi connectivity index (χ1) is 9.02. The number of oxazole rings is 1. The molecule has 1 aromatic heterocycles. The second-order valence-corrected chi connectivity index (χ2v) is 4.43. The number of aromatic nitrogens is 1. The number of aromatic carboxylic acids is 1. The van der Waals surface area contributed by atoms with Crippen LogP contribution in [0.2, 0.25) is 0 Å². The zero-order valence-electron chi connectivity index (χ0n) is 9.81. The van der Waals surface area contributed by atoms with Gasteiger partial charge >= 0.3 is 11.9 Å². The van der Waals surface area contributed by atoms with Crippen LogP contribution in [0.15, 0.2) is 27.1 Å². The highest BCUT2D eigenvalue weighted by molar-refractivity contribution is 9.10. The molecule has 0 unspecified atom stereocenters. The van der Waals surface area contributed by atoms with Crippen molar-refractivity contribution in [2.75, 3.05) is 6.61 Å². The predicted molar refractivity (Wildman–Crippen MR) is 67.7 cm³/mol. The van der Waals surface area contributed by atoms with Crippen molar-refractivity contribution in [3.8, 4) is 17.4 Å². The number of hydrogen-bond acceptors (Lipinski definition) is 4. The SMILES string of the molecule is CCOc1oc(-c2ccc(Br)cc2F)nc1C(=O)O. The zero-order valence-corrected chi connectivity index (χ0v) is 11.4. The average molecular weight is 330 g/mol. The zero-order chi connectivity index (χ0) is 14.0. The average Bonchev–Trinajstić information content (AvgIpc) is 2.73. The molecule has 0 aliphatic heterocycles. The molecule has 0 radical (unpaired) electrons. The van der Waals surface area contributed by atoms with E-state index in [0.717, 1.165) is 0 Å². The van der Waals surface area contributed by atoms with Crippen LogP contribution in [-0.4, -0.2) is 22.7 Å². The van der Waals surface area contributed by atoms with Crippen LogP contribution in [0.25, 0.3) is 11.5 Å². The van der Waals surface area contributed by atoms with Crippen LogP contribution >= 0.6 is 15.9 Å². The summed E-state index contributed by atoms with van der Waals surface area (Å²) >= 11 is 3.13. The molecule has 1 heterocycles. The molecule has 0 saturated carbocycles. The molecule has 0 saturated heterocycles. The Hall–Kier alpha value is -1.89. The van der Waals surface area contributed by atoms with Crippen molar-refractivity contribution < 1.29 is 23.4 Å². The van der Waals surface area contributed by atoms with Gasteiger partial charge in [0.15, 0.2) is 0 Å². The van der Waals surface area contributed by atoms with E-state index < -0.39 is 11.8 Å². The van der Waals surface area contributed by atoms with Crippen molar-refractivity contribution in [2.45, 2.75) is 6.92 Å². The number of halogens is 2. The monoisotopic (exact) mass is 329 g/mol. The summed E-state index contributed by atoms with van der Waals surface area (Å²) in [6, 6.07) is 4.27. The summed E-state index contributed by atoms with van der Waals surface area (Å²) in [6.07, 6.45) is 0. The third-order valence-electron chi connectivity index (χ3n) is 2.24. The standard InChI is InChI=1S/C12H9BrFNO4/c1-2-18-12-9(11(16)17)15-10(19-12)7-4-3-6(13)5-8(7)14/h3-5H,2H2,1H3,(H,16,17). The summed E-state index contributed by atoms with van der Waals surface area (Å²) in [5, 5.41) is 8.96. The molecule has 0 bridgehead atoms. The molecule has 2 rings (SSSR count). The van der Waals surface area contributed by atoms with Gasteiger partial charge in [0.1, 0.15) is 5.82 Å². The van der Waals surface area contributed by atoms with Crippen molar-refractivity contribution >= 4 is 21.9 Å². The van der Waals surface area contributed by atoms with Gasteiger partial charge in [-0.1, -0.05) is 15.9 Å². The van der Waals surface area contributed by atoms with E-state index in [0.29, 0.717) is 4.47 Å². The van der Waals surface area contributed by atoms with Gasteiger partial charge in [-0.3, -0.25) is 0 Å². The Morgan fingerprint density at radius 3 is 2.89 bits per heavy atom. The topological polar surface area (TPSA) is 72.6 Å². The maximum atomic E-state index is 13.7. The summed E-state index contributed by atoms with van der Waals surface area (Å²) in [6.45, 7) is 1.89. The van der Waals surface area contributed by atoms with Crippen LogP contribution in [-0.2, 0) is 0 Å². The van der Waals surface area contributed by atoms with Gasteiger partial charge in [-0.25, -0.2) is 9.18 Å². The van der Waals surface area contributed by atoms with Crippen LogP contribution in [0, 0.1) is 5.82 Å². The van der Waals surface area contributed by atoms with Crippen LogP contribution in [0.5, 0.6) is 5.95 Å². The Kier molecular flexibility index (Phi) is 3.84. The van der Waals surface area contributed by atoms with Crippen molar-refractivity contribution in [3.63, 3.8) is 0 Å². The summed E-state index contributed by atoms with van der Waals surface area (Å²) in [7, 11) is 0. The fourth-order valence-corrected chi connectivity index (χ4v) is 1.78. The molecule has 7 heteroatoms. The number of carboxylic acid groups (broad SMARTS) is 1. The minimum Gasteiger partial charge on any atom is -0.476 e. The first kappa shape index (κ1) is 13.5. The molecule has 0 aliphatic carbocycles. The Bertz CT molecular complexity index is 626. The molecule has 19 heavy (non-hydrogen) atoms. The molecule has 5 nitrogen and oxygen atoms in total. The van der Waals surface area contributed by atoms with Gasteiger partial charge in [-0.05, 0) is 25.1 Å². The summed E-state index contributed by atoms with van der Waals surface area (Å²) in [5.41, 5.74) is -0.309. The third kappa shape index (κ3) is 2.76. The molecular weight excluding hydrogens is 321 g/mol. The number of ether oxygens (including phenoxy) is 1. The lowest BCUT2D eigenvalue weighted by Gasteiger charge is -1.99. The number of carbonyl (C=O) groups is 1. The molecule has 0 fully saturated rings. The van der Waals surface area contributed by atoms with Crippen molar-refractivity contribution in [3.05, 3.63) is 34.2 Å². The molecule has 0 atom stereocenters. The van der Waals surface area contributed by atoms with Gasteiger partial charge < -0.3 is 14.3 Å². The van der Waals surface area contributed by atoms with Gasteiger partial charge in [0.05, 0.1) is 12.2 Å². The smallest absolute Gasteiger partial charge is 0.362 e. The van der Waals surface area contributed by atoms with Gasteiger partial charge in [0.2, 0.25) is 11.6 Å². The van der Waals surface area contributed by atoms with E-state index in [1.165, 1.54) is 12.1 Å². The van der Waals surface area contributed by atoms with Gasteiger partial charge in [-0.15, -0.1) is 0 Å². The fourth-order valence-electron chi connectivity index (χ4n) is 1.45. The van der Waals surface area contributed by atoms with Gasteiger partial charge in [-0.2, -0.15) is 4.98 Å². The largest absolute Gasteiger partial charge is 0.476 e. The minimum atomic E-state index is -1.30. The lowest BCUT2D eigenvalue weighted by molar-refractivity contribution is 0.0683. The van der Waals surface area contributed by atoms with Gasteiger partial charge in [0.25, 0.3) is 0 Å². The lowest BCUT2D eigenvalue weighted by Crippen LogP contribution is -2.01. The highest BCUT2D eigenvalue weighted by Gasteiger charge is 2.23. The molecule has 2 aromatic rings. The van der Waals surface area contributed by atoms with Crippen molar-refractivity contribution in [2.24, 2.45) is 0 Å². The van der Waals surface area contributed by atoms with Crippen LogP contribution in [0.3, 0.4) is 0 Å². The Labute approximate surface area is 116 Å². The minimum absolute atomic E-state index is 0.0663. The van der Waals surface area contributed by atoms with Crippen LogP contribution < -0.4 is 4.74 Å². The highest BCUT2D eigenvalue weighted by atomic mass is 79.9. The van der Waals surface area contributed by atoms with Gasteiger partial charge in [0, 0.05) is 4.47 Å². The molecular formula is C12H9BrFNO4.